The fourth-order valence-electron chi connectivity index (χ4n) is 3.72. The van der Waals surface area contributed by atoms with E-state index < -0.39 is 0 Å². The number of hydrogen-bond acceptors (Lipinski definition) is 5. The van der Waals surface area contributed by atoms with Crippen LogP contribution in [-0.4, -0.2) is 25.8 Å². The molecule has 3 aromatic rings. The van der Waals surface area contributed by atoms with Crippen molar-refractivity contribution in [1.82, 2.24) is 19.2 Å². The van der Waals surface area contributed by atoms with Crippen molar-refractivity contribution in [1.29, 1.82) is 0 Å². The van der Waals surface area contributed by atoms with Gasteiger partial charge in [-0.25, -0.2) is 4.68 Å². The largest absolute Gasteiger partial charge is 0.296 e. The van der Waals surface area contributed by atoms with E-state index in [2.05, 4.69) is 49.2 Å². The van der Waals surface area contributed by atoms with E-state index in [0.717, 1.165) is 23.8 Å². The molecule has 1 aliphatic carbocycles. The lowest BCUT2D eigenvalue weighted by atomic mass is 10.2. The first-order valence-electron chi connectivity index (χ1n) is 8.82. The van der Waals surface area contributed by atoms with Crippen molar-refractivity contribution in [2.75, 3.05) is 6.54 Å². The van der Waals surface area contributed by atoms with Crippen LogP contribution in [0.15, 0.2) is 35.0 Å². The van der Waals surface area contributed by atoms with Gasteiger partial charge in [-0.1, -0.05) is 12.1 Å². The third-order valence-electron chi connectivity index (χ3n) is 5.07. The predicted molar refractivity (Wildman–Crippen MR) is 106 cm³/mol. The lowest BCUT2D eigenvalue weighted by Gasteiger charge is -2.23. The van der Waals surface area contributed by atoms with Gasteiger partial charge in [-0.15, -0.1) is 27.8 Å². The van der Waals surface area contributed by atoms with Crippen LogP contribution in [0.1, 0.15) is 42.6 Å². The van der Waals surface area contributed by atoms with Crippen LogP contribution in [0.5, 0.6) is 0 Å². The van der Waals surface area contributed by atoms with Crippen molar-refractivity contribution in [3.63, 3.8) is 0 Å². The highest BCUT2D eigenvalue weighted by Gasteiger charge is 2.31. The summed E-state index contributed by atoms with van der Waals surface area (Å²) < 4.78 is 5.22. The molecule has 0 radical (unpaired) electrons. The second-order valence-corrected chi connectivity index (χ2v) is 9.10. The number of thiophene rings is 2. The van der Waals surface area contributed by atoms with Crippen LogP contribution in [0, 0.1) is 4.77 Å². The molecule has 0 N–H and O–H groups in total. The van der Waals surface area contributed by atoms with E-state index in [1.165, 1.54) is 35.4 Å². The van der Waals surface area contributed by atoms with Gasteiger partial charge in [-0.2, -0.15) is 0 Å². The molecule has 5 rings (SSSR count). The SMILES string of the molecule is S=c1n(CN2CCC[C@@H]2c2cccs2)nc(-c2cccs2)n1C1CC1. The molecule has 1 aliphatic heterocycles. The molecule has 7 heteroatoms. The minimum Gasteiger partial charge on any atom is -0.296 e. The molecule has 25 heavy (non-hydrogen) atoms. The zero-order valence-corrected chi connectivity index (χ0v) is 16.3. The van der Waals surface area contributed by atoms with Crippen LogP contribution in [0.25, 0.3) is 10.7 Å². The van der Waals surface area contributed by atoms with Gasteiger partial charge in [-0.05, 0) is 60.8 Å². The van der Waals surface area contributed by atoms with Crippen molar-refractivity contribution in [3.8, 4) is 10.7 Å². The lowest BCUT2D eigenvalue weighted by molar-refractivity contribution is 0.192. The first-order valence-corrected chi connectivity index (χ1v) is 11.0. The number of aromatic nitrogens is 3. The Bertz CT molecular complexity index is 903. The van der Waals surface area contributed by atoms with Gasteiger partial charge in [-0.3, -0.25) is 9.47 Å². The molecule has 2 aliphatic rings. The van der Waals surface area contributed by atoms with Gasteiger partial charge < -0.3 is 0 Å². The second kappa shape index (κ2) is 6.46. The van der Waals surface area contributed by atoms with Crippen molar-refractivity contribution in [2.24, 2.45) is 0 Å². The maximum Gasteiger partial charge on any atom is 0.199 e. The van der Waals surface area contributed by atoms with Gasteiger partial charge in [0.1, 0.15) is 0 Å². The molecule has 0 aromatic carbocycles. The van der Waals surface area contributed by atoms with Gasteiger partial charge in [0, 0.05) is 23.5 Å². The van der Waals surface area contributed by atoms with Crippen molar-refractivity contribution in [2.45, 2.75) is 44.4 Å². The molecule has 130 valence electrons. The molecule has 4 nitrogen and oxygen atoms in total. The first kappa shape index (κ1) is 15.9. The Morgan fingerprint density at radius 3 is 2.68 bits per heavy atom. The van der Waals surface area contributed by atoms with Gasteiger partial charge in [0.25, 0.3) is 0 Å². The molecule has 1 saturated carbocycles. The fraction of sp³-hybridized carbons (Fsp3) is 0.444. The average Bonchev–Trinajstić information content (AvgIpc) is 3.11. The predicted octanol–water partition coefficient (Wildman–Crippen LogP) is 5.33. The van der Waals surface area contributed by atoms with Crippen LogP contribution in [0.2, 0.25) is 0 Å². The van der Waals surface area contributed by atoms with Gasteiger partial charge in [0.15, 0.2) is 10.6 Å². The van der Waals surface area contributed by atoms with E-state index in [0.29, 0.717) is 12.1 Å². The summed E-state index contributed by atoms with van der Waals surface area (Å²) in [6.45, 7) is 1.91. The van der Waals surface area contributed by atoms with E-state index >= 15 is 0 Å². The van der Waals surface area contributed by atoms with Gasteiger partial charge >= 0.3 is 0 Å². The van der Waals surface area contributed by atoms with E-state index in [4.69, 9.17) is 17.3 Å². The quantitative estimate of drug-likeness (QED) is 0.552. The summed E-state index contributed by atoms with van der Waals surface area (Å²) in [5, 5.41) is 9.23. The summed E-state index contributed by atoms with van der Waals surface area (Å²) in [5.74, 6) is 1.05. The van der Waals surface area contributed by atoms with Crippen LogP contribution in [0.3, 0.4) is 0 Å². The van der Waals surface area contributed by atoms with E-state index in [1.807, 2.05) is 11.3 Å². The highest BCUT2D eigenvalue weighted by Crippen LogP contribution is 2.40. The number of rotatable bonds is 5. The normalized spacial score (nSPS) is 21.2. The van der Waals surface area contributed by atoms with Crippen molar-refractivity contribution < 1.29 is 0 Å². The molecular weight excluding hydrogens is 368 g/mol. The Kier molecular flexibility index (Phi) is 4.12. The molecule has 0 unspecified atom stereocenters. The fourth-order valence-corrected chi connectivity index (χ4v) is 5.65. The molecule has 3 aromatic heterocycles. The molecule has 0 spiro atoms. The van der Waals surface area contributed by atoms with Crippen molar-refractivity contribution >= 4 is 34.9 Å². The monoisotopic (exact) mass is 388 g/mol. The van der Waals surface area contributed by atoms with Gasteiger partial charge in [0.05, 0.1) is 11.5 Å². The summed E-state index contributed by atoms with van der Waals surface area (Å²) in [4.78, 5) is 5.21. The smallest absolute Gasteiger partial charge is 0.199 e. The first-order chi connectivity index (χ1) is 12.3. The number of hydrogen-bond donors (Lipinski definition) is 0. The summed E-state index contributed by atoms with van der Waals surface area (Å²) in [6.07, 6.45) is 4.92. The zero-order valence-electron chi connectivity index (χ0n) is 13.9. The summed E-state index contributed by atoms with van der Waals surface area (Å²) >= 11 is 9.42. The molecule has 0 amide bonds. The number of likely N-dealkylation sites (tertiary alicyclic amines) is 1. The van der Waals surface area contributed by atoms with Crippen LogP contribution < -0.4 is 0 Å². The lowest BCUT2D eigenvalue weighted by Crippen LogP contribution is -2.26. The third-order valence-corrected chi connectivity index (χ3v) is 7.32. The number of nitrogens with zero attached hydrogens (tertiary/aromatic N) is 4. The van der Waals surface area contributed by atoms with Crippen LogP contribution in [0.4, 0.5) is 0 Å². The Labute approximate surface area is 160 Å². The van der Waals surface area contributed by atoms with E-state index in [9.17, 15) is 0 Å². The molecule has 0 bridgehead atoms. The Balaban J connectivity index is 1.48. The van der Waals surface area contributed by atoms with E-state index in [1.54, 1.807) is 11.3 Å². The topological polar surface area (TPSA) is 26.0 Å². The highest BCUT2D eigenvalue weighted by molar-refractivity contribution is 7.71. The minimum absolute atomic E-state index is 0.512. The Morgan fingerprint density at radius 1 is 1.12 bits per heavy atom. The Morgan fingerprint density at radius 2 is 1.96 bits per heavy atom. The van der Waals surface area contributed by atoms with Crippen molar-refractivity contribution in [3.05, 3.63) is 44.7 Å². The summed E-state index contributed by atoms with van der Waals surface area (Å²) in [7, 11) is 0. The molecule has 4 heterocycles. The maximum atomic E-state index is 5.82. The Hall–Kier alpha value is -1.28. The van der Waals surface area contributed by atoms with Crippen LogP contribution in [-0.2, 0) is 6.67 Å². The molecule has 2 fully saturated rings. The third kappa shape index (κ3) is 2.93. The van der Waals surface area contributed by atoms with Gasteiger partial charge in [0.2, 0.25) is 0 Å². The standard InChI is InChI=1S/C18H20N4S3/c23-18-21(12-20-9-1-4-14(20)15-5-2-10-24-15)19-17(16-6-3-11-25-16)22(18)13-7-8-13/h2-3,5-6,10-11,13-14H,1,4,7-9,12H2/t14-/m1/s1. The minimum atomic E-state index is 0.512. The summed E-state index contributed by atoms with van der Waals surface area (Å²) in [5.41, 5.74) is 0. The maximum absolute atomic E-state index is 5.82. The second-order valence-electron chi connectivity index (χ2n) is 6.81. The molecular formula is C18H20N4S3. The van der Waals surface area contributed by atoms with Crippen LogP contribution >= 0.6 is 34.9 Å². The highest BCUT2D eigenvalue weighted by atomic mass is 32.1. The molecule has 1 atom stereocenters. The average molecular weight is 389 g/mol. The summed E-state index contributed by atoms with van der Waals surface area (Å²) in [6, 6.07) is 9.70. The zero-order chi connectivity index (χ0) is 16.8. The molecule has 1 saturated heterocycles. The van der Waals surface area contributed by atoms with E-state index in [-0.39, 0.29) is 0 Å².